The number of benzene rings is 2. The van der Waals surface area contributed by atoms with Crippen molar-refractivity contribution in [3.8, 4) is 11.5 Å². The zero-order valence-electron chi connectivity index (χ0n) is 16.8. The second kappa shape index (κ2) is 8.46. The Kier molecular flexibility index (Phi) is 5.91. The number of hydrogen-bond acceptors (Lipinski definition) is 5. The summed E-state index contributed by atoms with van der Waals surface area (Å²) in [7, 11) is 0. The second-order valence-electron chi connectivity index (χ2n) is 8.21. The minimum Gasteiger partial charge on any atom is -0.454 e. The molecule has 2 aromatic carbocycles. The van der Waals surface area contributed by atoms with E-state index in [9.17, 15) is 4.79 Å². The van der Waals surface area contributed by atoms with E-state index in [1.807, 2.05) is 53.4 Å². The number of carbonyl (C=O) groups is 1. The summed E-state index contributed by atoms with van der Waals surface area (Å²) in [6.45, 7) is 1.24. The summed E-state index contributed by atoms with van der Waals surface area (Å²) in [5, 5.41) is 0. The zero-order valence-corrected chi connectivity index (χ0v) is 17.6. The van der Waals surface area contributed by atoms with Gasteiger partial charge in [0.05, 0.1) is 18.6 Å². The Morgan fingerprint density at radius 2 is 1.60 bits per heavy atom. The molecule has 0 aromatic heterocycles. The lowest BCUT2D eigenvalue weighted by atomic mass is 9.95. The summed E-state index contributed by atoms with van der Waals surface area (Å²) in [6.07, 6.45) is 3.09. The standard InChI is InChI=1S/C23H26N2O4.ClH/c24-23(10-4-5-11-23)22(26)25-13-20(16-6-2-1-3-7-16)29-21(14-25)17-8-9-18-19(12-17)28-15-27-18;/h1-3,6-9,12,20-21H,4-5,10-11,13-15,24H2;1H/t20-,21+;/m0./s1. The van der Waals surface area contributed by atoms with E-state index < -0.39 is 5.54 Å². The van der Waals surface area contributed by atoms with Crippen molar-refractivity contribution in [3.05, 3.63) is 59.7 Å². The molecule has 0 radical (unpaired) electrons. The maximum atomic E-state index is 13.4. The lowest BCUT2D eigenvalue weighted by Crippen LogP contribution is -2.56. The van der Waals surface area contributed by atoms with Crippen molar-refractivity contribution in [1.82, 2.24) is 4.90 Å². The minimum atomic E-state index is -0.738. The molecule has 2 N–H and O–H groups in total. The normalized spacial score (nSPS) is 24.4. The molecule has 3 aliphatic rings. The van der Waals surface area contributed by atoms with Gasteiger partial charge < -0.3 is 24.8 Å². The number of nitrogens with two attached hydrogens (primary N) is 1. The highest BCUT2D eigenvalue weighted by molar-refractivity contribution is 5.86. The molecular formula is C23H27ClN2O4. The number of nitrogens with zero attached hydrogens (tertiary/aromatic N) is 1. The Morgan fingerprint density at radius 1 is 0.933 bits per heavy atom. The van der Waals surface area contributed by atoms with Crippen LogP contribution in [0.15, 0.2) is 48.5 Å². The average molecular weight is 431 g/mol. The van der Waals surface area contributed by atoms with E-state index in [-0.39, 0.29) is 37.3 Å². The van der Waals surface area contributed by atoms with Gasteiger partial charge in [0.15, 0.2) is 11.5 Å². The largest absolute Gasteiger partial charge is 0.454 e. The molecule has 5 rings (SSSR count). The molecule has 1 aliphatic carbocycles. The van der Waals surface area contributed by atoms with Gasteiger partial charge >= 0.3 is 0 Å². The molecule has 2 aromatic rings. The molecule has 0 unspecified atom stereocenters. The molecular weight excluding hydrogens is 404 g/mol. The van der Waals surface area contributed by atoms with Crippen LogP contribution in [0.2, 0.25) is 0 Å². The number of hydrogen-bond donors (Lipinski definition) is 1. The molecule has 0 spiro atoms. The average Bonchev–Trinajstić information content (AvgIpc) is 3.42. The Labute approximate surface area is 182 Å². The summed E-state index contributed by atoms with van der Waals surface area (Å²) in [4.78, 5) is 15.3. The number of morpholine rings is 1. The summed E-state index contributed by atoms with van der Waals surface area (Å²) in [5.74, 6) is 1.51. The Morgan fingerprint density at radius 3 is 2.33 bits per heavy atom. The van der Waals surface area contributed by atoms with Crippen molar-refractivity contribution in [2.75, 3.05) is 19.9 Å². The third-order valence-electron chi connectivity index (χ3n) is 6.25. The molecule has 2 heterocycles. The maximum absolute atomic E-state index is 13.4. The van der Waals surface area contributed by atoms with Crippen LogP contribution in [0.25, 0.3) is 0 Å². The first-order valence-corrected chi connectivity index (χ1v) is 10.3. The highest BCUT2D eigenvalue weighted by atomic mass is 35.5. The lowest BCUT2D eigenvalue weighted by Gasteiger charge is -2.41. The quantitative estimate of drug-likeness (QED) is 0.802. The van der Waals surface area contributed by atoms with E-state index in [2.05, 4.69) is 0 Å². The monoisotopic (exact) mass is 430 g/mol. The van der Waals surface area contributed by atoms with Gasteiger partial charge in [0.25, 0.3) is 0 Å². The highest BCUT2D eigenvalue weighted by Crippen LogP contribution is 2.40. The van der Waals surface area contributed by atoms with E-state index in [1.54, 1.807) is 0 Å². The summed E-state index contributed by atoms with van der Waals surface area (Å²) < 4.78 is 17.4. The molecule has 2 aliphatic heterocycles. The van der Waals surface area contributed by atoms with E-state index in [0.717, 1.165) is 48.3 Å². The Bertz CT molecular complexity index is 901. The van der Waals surface area contributed by atoms with Crippen molar-refractivity contribution < 1.29 is 19.0 Å². The fourth-order valence-electron chi connectivity index (χ4n) is 4.61. The first-order chi connectivity index (χ1) is 14.1. The van der Waals surface area contributed by atoms with Crippen molar-refractivity contribution in [2.24, 2.45) is 5.73 Å². The van der Waals surface area contributed by atoms with E-state index >= 15 is 0 Å². The molecule has 160 valence electrons. The number of ether oxygens (including phenoxy) is 3. The first-order valence-electron chi connectivity index (χ1n) is 10.3. The molecule has 2 atom stereocenters. The maximum Gasteiger partial charge on any atom is 0.242 e. The van der Waals surface area contributed by atoms with Crippen molar-refractivity contribution in [1.29, 1.82) is 0 Å². The highest BCUT2D eigenvalue weighted by Gasteiger charge is 2.43. The van der Waals surface area contributed by atoms with Crippen LogP contribution >= 0.6 is 12.4 Å². The molecule has 1 amide bonds. The fraction of sp³-hybridized carbons (Fsp3) is 0.435. The summed E-state index contributed by atoms with van der Waals surface area (Å²) in [5.41, 5.74) is 7.81. The number of fused-ring (bicyclic) bond motifs is 1. The van der Waals surface area contributed by atoms with Crippen molar-refractivity contribution in [3.63, 3.8) is 0 Å². The third-order valence-corrected chi connectivity index (χ3v) is 6.25. The molecule has 7 heteroatoms. The fourth-order valence-corrected chi connectivity index (χ4v) is 4.61. The Balaban J connectivity index is 0.00000218. The molecule has 1 saturated carbocycles. The number of carbonyl (C=O) groups excluding carboxylic acids is 1. The Hall–Kier alpha value is -2.28. The van der Waals surface area contributed by atoms with E-state index in [4.69, 9.17) is 19.9 Å². The van der Waals surface area contributed by atoms with Gasteiger partial charge in [-0.05, 0) is 36.1 Å². The lowest BCUT2D eigenvalue weighted by molar-refractivity contribution is -0.152. The van der Waals surface area contributed by atoms with Gasteiger partial charge in [-0.15, -0.1) is 12.4 Å². The van der Waals surface area contributed by atoms with Crippen LogP contribution in [0.3, 0.4) is 0 Å². The van der Waals surface area contributed by atoms with Crippen LogP contribution in [0.5, 0.6) is 11.5 Å². The number of rotatable bonds is 3. The van der Waals surface area contributed by atoms with Crippen LogP contribution in [-0.4, -0.2) is 36.2 Å². The first kappa shape index (κ1) is 21.0. The smallest absolute Gasteiger partial charge is 0.242 e. The van der Waals surface area contributed by atoms with Gasteiger partial charge in [-0.3, -0.25) is 4.79 Å². The van der Waals surface area contributed by atoms with Crippen LogP contribution in [-0.2, 0) is 9.53 Å². The predicted molar refractivity (Wildman–Crippen MR) is 115 cm³/mol. The van der Waals surface area contributed by atoms with E-state index in [0.29, 0.717) is 13.1 Å². The van der Waals surface area contributed by atoms with Crippen LogP contribution in [0, 0.1) is 0 Å². The SMILES string of the molecule is Cl.NC1(C(=O)N2C[C@@H](c3ccccc3)O[C@@H](c3ccc4c(c3)OCO4)C2)CCCC1. The van der Waals surface area contributed by atoms with Gasteiger partial charge in [-0.25, -0.2) is 0 Å². The number of amides is 1. The topological polar surface area (TPSA) is 74.0 Å². The van der Waals surface area contributed by atoms with Crippen LogP contribution < -0.4 is 15.2 Å². The van der Waals surface area contributed by atoms with Gasteiger partial charge in [0.1, 0.15) is 12.2 Å². The van der Waals surface area contributed by atoms with Gasteiger partial charge in [-0.2, -0.15) is 0 Å². The zero-order chi connectivity index (χ0) is 19.8. The van der Waals surface area contributed by atoms with Gasteiger partial charge in [0.2, 0.25) is 12.7 Å². The molecule has 30 heavy (non-hydrogen) atoms. The molecule has 0 bridgehead atoms. The second-order valence-corrected chi connectivity index (χ2v) is 8.21. The van der Waals surface area contributed by atoms with Gasteiger partial charge in [0, 0.05) is 0 Å². The predicted octanol–water partition coefficient (Wildman–Crippen LogP) is 3.75. The van der Waals surface area contributed by atoms with Gasteiger partial charge in [-0.1, -0.05) is 49.2 Å². The third kappa shape index (κ3) is 3.87. The summed E-state index contributed by atoms with van der Waals surface area (Å²) >= 11 is 0. The van der Waals surface area contributed by atoms with Crippen molar-refractivity contribution >= 4 is 18.3 Å². The summed E-state index contributed by atoms with van der Waals surface area (Å²) in [6, 6.07) is 15.9. The van der Waals surface area contributed by atoms with E-state index in [1.165, 1.54) is 0 Å². The minimum absolute atomic E-state index is 0. The molecule has 2 fully saturated rings. The van der Waals surface area contributed by atoms with Crippen LogP contribution in [0.1, 0.15) is 49.0 Å². The number of halogens is 1. The molecule has 1 saturated heterocycles. The van der Waals surface area contributed by atoms with Crippen molar-refractivity contribution in [2.45, 2.75) is 43.4 Å². The van der Waals surface area contributed by atoms with Crippen LogP contribution in [0.4, 0.5) is 0 Å². The molecule has 6 nitrogen and oxygen atoms in total.